The summed E-state index contributed by atoms with van der Waals surface area (Å²) < 4.78 is 11.5. The number of carbonyl (C=O) groups excluding carboxylic acids is 3. The van der Waals surface area contributed by atoms with E-state index in [9.17, 15) is 14.4 Å². The summed E-state index contributed by atoms with van der Waals surface area (Å²) in [5.74, 6) is -0.456. The van der Waals surface area contributed by atoms with Gasteiger partial charge in [-0.1, -0.05) is 54.6 Å². The Labute approximate surface area is 190 Å². The third-order valence-electron chi connectivity index (χ3n) is 5.26. The summed E-state index contributed by atoms with van der Waals surface area (Å²) in [4.78, 5) is 37.6. The number of nitrogens with zero attached hydrogens (tertiary/aromatic N) is 1. The summed E-state index contributed by atoms with van der Waals surface area (Å²) in [6.07, 6.45) is 2.83. The minimum atomic E-state index is -0.767. The van der Waals surface area contributed by atoms with Gasteiger partial charge in [-0.15, -0.1) is 6.58 Å². The molecule has 1 fully saturated rings. The molecule has 0 radical (unpaired) electrons. The average Bonchev–Trinajstić information content (AvgIpc) is 2.83. The van der Waals surface area contributed by atoms with Crippen molar-refractivity contribution in [2.24, 2.45) is 0 Å². The number of rotatable bonds is 7. The molecule has 7 nitrogen and oxygen atoms in total. The van der Waals surface area contributed by atoms with E-state index in [2.05, 4.69) is 11.9 Å². The largest absolute Gasteiger partial charge is 0.493 e. The zero-order valence-corrected chi connectivity index (χ0v) is 18.0. The molecule has 0 unspecified atom stereocenters. The lowest BCUT2D eigenvalue weighted by molar-refractivity contribution is -0.129. The Morgan fingerprint density at radius 3 is 2.58 bits per heavy atom. The van der Waals surface area contributed by atoms with E-state index >= 15 is 0 Å². The number of benzene rings is 3. The molecule has 7 heteroatoms. The number of methoxy groups -OCH3 is 1. The molecule has 3 aromatic carbocycles. The van der Waals surface area contributed by atoms with Crippen LogP contribution in [0.4, 0.5) is 4.79 Å². The fourth-order valence-electron chi connectivity index (χ4n) is 3.62. The highest BCUT2D eigenvalue weighted by molar-refractivity contribution is 6.31. The highest BCUT2D eigenvalue weighted by Gasteiger charge is 2.34. The minimum Gasteiger partial charge on any atom is -0.493 e. The third kappa shape index (κ3) is 4.48. The average molecular weight is 442 g/mol. The van der Waals surface area contributed by atoms with Crippen molar-refractivity contribution in [3.05, 3.63) is 90.0 Å². The quantitative estimate of drug-likeness (QED) is 0.339. The summed E-state index contributed by atoms with van der Waals surface area (Å²) in [5.41, 5.74) is 1.44. The van der Waals surface area contributed by atoms with Gasteiger partial charge in [0.1, 0.15) is 12.2 Å². The molecule has 33 heavy (non-hydrogen) atoms. The zero-order valence-electron chi connectivity index (χ0n) is 18.0. The van der Waals surface area contributed by atoms with Crippen LogP contribution >= 0.6 is 0 Å². The summed E-state index contributed by atoms with van der Waals surface area (Å²) in [7, 11) is 1.51. The smallest absolute Gasteiger partial charge is 0.331 e. The van der Waals surface area contributed by atoms with Crippen LogP contribution < -0.4 is 14.8 Å². The van der Waals surface area contributed by atoms with E-state index in [1.165, 1.54) is 19.3 Å². The van der Waals surface area contributed by atoms with Crippen LogP contribution in [0.15, 0.2) is 78.9 Å². The summed E-state index contributed by atoms with van der Waals surface area (Å²) in [6, 6.07) is 18.5. The van der Waals surface area contributed by atoms with Gasteiger partial charge in [0, 0.05) is 6.54 Å². The van der Waals surface area contributed by atoms with Gasteiger partial charge in [0.2, 0.25) is 0 Å². The summed E-state index contributed by atoms with van der Waals surface area (Å²) >= 11 is 0. The Balaban J connectivity index is 1.58. The van der Waals surface area contributed by atoms with Crippen LogP contribution in [0.2, 0.25) is 0 Å². The number of imide groups is 2. The molecule has 0 atom stereocenters. The topological polar surface area (TPSA) is 84.9 Å². The van der Waals surface area contributed by atoms with Crippen LogP contribution in [-0.2, 0) is 16.2 Å². The van der Waals surface area contributed by atoms with Crippen LogP contribution in [0.1, 0.15) is 11.1 Å². The van der Waals surface area contributed by atoms with E-state index in [1.54, 1.807) is 18.2 Å². The molecule has 4 rings (SSSR count). The fourth-order valence-corrected chi connectivity index (χ4v) is 3.62. The first-order valence-electron chi connectivity index (χ1n) is 10.3. The van der Waals surface area contributed by atoms with Crippen LogP contribution in [0.25, 0.3) is 16.8 Å². The molecule has 0 spiro atoms. The summed E-state index contributed by atoms with van der Waals surface area (Å²) in [5, 5.41) is 4.41. The van der Waals surface area contributed by atoms with Crippen molar-refractivity contribution in [2.45, 2.75) is 6.61 Å². The predicted molar refractivity (Wildman–Crippen MR) is 125 cm³/mol. The van der Waals surface area contributed by atoms with Gasteiger partial charge in [-0.2, -0.15) is 0 Å². The number of ether oxygens (including phenoxy) is 2. The SMILES string of the molecule is C=CCN1C(=O)NC(=O)/C(=C\c2ccc(OCc3cccc4ccccc34)c(OC)c2)C1=O. The van der Waals surface area contributed by atoms with Gasteiger partial charge >= 0.3 is 6.03 Å². The first kappa shape index (κ1) is 21.8. The zero-order chi connectivity index (χ0) is 23.4. The van der Waals surface area contributed by atoms with Crippen molar-refractivity contribution in [1.29, 1.82) is 0 Å². The molecule has 0 aromatic heterocycles. The number of hydrogen-bond acceptors (Lipinski definition) is 5. The second kappa shape index (κ2) is 9.40. The molecule has 1 heterocycles. The van der Waals surface area contributed by atoms with E-state index in [0.29, 0.717) is 23.7 Å². The normalized spacial score (nSPS) is 15.0. The number of amides is 4. The summed E-state index contributed by atoms with van der Waals surface area (Å²) in [6.45, 7) is 3.88. The molecule has 4 amide bonds. The molecule has 0 bridgehead atoms. The van der Waals surface area contributed by atoms with Gasteiger partial charge in [0.15, 0.2) is 11.5 Å². The molecule has 1 aliphatic rings. The highest BCUT2D eigenvalue weighted by Crippen LogP contribution is 2.31. The van der Waals surface area contributed by atoms with Crippen LogP contribution in [-0.4, -0.2) is 36.4 Å². The van der Waals surface area contributed by atoms with E-state index in [0.717, 1.165) is 21.2 Å². The van der Waals surface area contributed by atoms with E-state index in [-0.39, 0.29) is 12.1 Å². The fraction of sp³-hybridized carbons (Fsp3) is 0.115. The van der Waals surface area contributed by atoms with Gasteiger partial charge < -0.3 is 9.47 Å². The monoisotopic (exact) mass is 442 g/mol. The standard InChI is InChI=1S/C26H22N2O5/c1-3-13-28-25(30)21(24(29)27-26(28)31)14-17-11-12-22(23(15-17)32-2)33-16-19-9-6-8-18-7-4-5-10-20(18)19/h3-12,14-15H,1,13,16H2,2H3,(H,27,29,31)/b21-14+. The van der Waals surface area contributed by atoms with Crippen molar-refractivity contribution in [2.75, 3.05) is 13.7 Å². The van der Waals surface area contributed by atoms with Crippen molar-refractivity contribution < 1.29 is 23.9 Å². The third-order valence-corrected chi connectivity index (χ3v) is 5.26. The van der Waals surface area contributed by atoms with Crippen molar-refractivity contribution in [3.8, 4) is 11.5 Å². The van der Waals surface area contributed by atoms with Crippen molar-refractivity contribution >= 4 is 34.7 Å². The number of carbonyl (C=O) groups is 3. The maximum Gasteiger partial charge on any atom is 0.331 e. The van der Waals surface area contributed by atoms with Crippen molar-refractivity contribution in [3.63, 3.8) is 0 Å². The number of nitrogens with one attached hydrogen (secondary N) is 1. The molecule has 3 aromatic rings. The number of hydrogen-bond donors (Lipinski definition) is 1. The number of urea groups is 1. The molecule has 1 N–H and O–H groups in total. The van der Waals surface area contributed by atoms with Crippen LogP contribution in [0.3, 0.4) is 0 Å². The first-order chi connectivity index (χ1) is 16.0. The van der Waals surface area contributed by atoms with Crippen molar-refractivity contribution in [1.82, 2.24) is 10.2 Å². The Morgan fingerprint density at radius 2 is 1.79 bits per heavy atom. The van der Waals surface area contributed by atoms with Crippen LogP contribution in [0, 0.1) is 0 Å². The predicted octanol–water partition coefficient (Wildman–Crippen LogP) is 4.08. The Bertz CT molecular complexity index is 1290. The second-order valence-corrected chi connectivity index (χ2v) is 7.36. The maximum absolute atomic E-state index is 12.6. The van der Waals surface area contributed by atoms with Gasteiger partial charge in [-0.05, 0) is 40.1 Å². The first-order valence-corrected chi connectivity index (χ1v) is 10.3. The van der Waals surface area contributed by atoms with E-state index in [1.807, 2.05) is 42.5 Å². The van der Waals surface area contributed by atoms with Gasteiger partial charge in [-0.25, -0.2) is 4.79 Å². The number of barbiturate groups is 1. The Kier molecular flexibility index (Phi) is 6.22. The molecule has 0 saturated carbocycles. The molecule has 166 valence electrons. The molecule has 1 aliphatic heterocycles. The molecule has 0 aliphatic carbocycles. The van der Waals surface area contributed by atoms with E-state index in [4.69, 9.17) is 9.47 Å². The Hall–Kier alpha value is -4.39. The van der Waals surface area contributed by atoms with E-state index < -0.39 is 17.8 Å². The molecular formula is C26H22N2O5. The Morgan fingerprint density at radius 1 is 1.00 bits per heavy atom. The maximum atomic E-state index is 12.6. The molecule has 1 saturated heterocycles. The van der Waals surface area contributed by atoms with Gasteiger partial charge in [-0.3, -0.25) is 19.8 Å². The number of fused-ring (bicyclic) bond motifs is 1. The van der Waals surface area contributed by atoms with Gasteiger partial charge in [0.25, 0.3) is 11.8 Å². The van der Waals surface area contributed by atoms with Crippen LogP contribution in [0.5, 0.6) is 11.5 Å². The highest BCUT2D eigenvalue weighted by atomic mass is 16.5. The lowest BCUT2D eigenvalue weighted by Crippen LogP contribution is -2.54. The molecular weight excluding hydrogens is 420 g/mol. The minimum absolute atomic E-state index is 0.000443. The second-order valence-electron chi connectivity index (χ2n) is 7.36. The lowest BCUT2D eigenvalue weighted by Gasteiger charge is -2.25. The lowest BCUT2D eigenvalue weighted by atomic mass is 10.1. The van der Waals surface area contributed by atoms with Gasteiger partial charge in [0.05, 0.1) is 7.11 Å².